The van der Waals surface area contributed by atoms with Gasteiger partial charge in [0.2, 0.25) is 5.91 Å². The predicted octanol–water partition coefficient (Wildman–Crippen LogP) is 2.78. The lowest BCUT2D eigenvalue weighted by Crippen LogP contribution is -2.39. The van der Waals surface area contributed by atoms with Gasteiger partial charge < -0.3 is 15.5 Å². The molecule has 0 aliphatic rings. The van der Waals surface area contributed by atoms with Gasteiger partial charge in [-0.25, -0.2) is 0 Å². The smallest absolute Gasteiger partial charge is 0.223 e. The van der Waals surface area contributed by atoms with E-state index in [2.05, 4.69) is 53.7 Å². The summed E-state index contributed by atoms with van der Waals surface area (Å²) in [7, 11) is 3.55. The standard InChI is InChI=1S/C20H34N4O/c1-6-21-20(23-15-13-19(25)24(4)5)22-14-7-8-17-9-11-18(12-10-17)16(2)3/h9-12,16H,6-8,13-15H2,1-5H3,(H2,21,22,23). The number of benzene rings is 1. The summed E-state index contributed by atoms with van der Waals surface area (Å²) in [5, 5.41) is 6.43. The molecule has 1 aromatic carbocycles. The molecule has 5 heteroatoms. The van der Waals surface area contributed by atoms with E-state index in [1.807, 2.05) is 6.92 Å². The zero-order valence-corrected chi connectivity index (χ0v) is 16.4. The van der Waals surface area contributed by atoms with Crippen molar-refractivity contribution in [2.75, 3.05) is 33.7 Å². The van der Waals surface area contributed by atoms with Crippen molar-refractivity contribution < 1.29 is 4.79 Å². The Morgan fingerprint density at radius 2 is 1.84 bits per heavy atom. The highest BCUT2D eigenvalue weighted by Crippen LogP contribution is 2.15. The molecule has 0 bridgehead atoms. The molecule has 0 aliphatic carbocycles. The average molecular weight is 347 g/mol. The van der Waals surface area contributed by atoms with E-state index in [9.17, 15) is 4.79 Å². The van der Waals surface area contributed by atoms with Gasteiger partial charge in [0.25, 0.3) is 0 Å². The van der Waals surface area contributed by atoms with Crippen molar-refractivity contribution in [2.24, 2.45) is 4.99 Å². The maximum Gasteiger partial charge on any atom is 0.223 e. The third-order valence-electron chi connectivity index (χ3n) is 4.01. The molecule has 2 N–H and O–H groups in total. The fourth-order valence-electron chi connectivity index (χ4n) is 2.40. The van der Waals surface area contributed by atoms with E-state index >= 15 is 0 Å². The van der Waals surface area contributed by atoms with Gasteiger partial charge in [-0.3, -0.25) is 9.79 Å². The quantitative estimate of drug-likeness (QED) is 0.411. The van der Waals surface area contributed by atoms with E-state index < -0.39 is 0 Å². The van der Waals surface area contributed by atoms with Crippen LogP contribution in [0.2, 0.25) is 0 Å². The van der Waals surface area contributed by atoms with Crippen LogP contribution in [0.4, 0.5) is 0 Å². The summed E-state index contributed by atoms with van der Waals surface area (Å²) in [6.07, 6.45) is 2.51. The van der Waals surface area contributed by atoms with Gasteiger partial charge in [-0.15, -0.1) is 0 Å². The van der Waals surface area contributed by atoms with Crippen molar-refractivity contribution in [3.8, 4) is 0 Å². The number of guanidine groups is 1. The Hall–Kier alpha value is -2.04. The van der Waals surface area contributed by atoms with E-state index in [0.29, 0.717) is 18.9 Å². The van der Waals surface area contributed by atoms with Crippen LogP contribution in [-0.4, -0.2) is 50.5 Å². The van der Waals surface area contributed by atoms with Gasteiger partial charge in [-0.1, -0.05) is 38.1 Å². The minimum Gasteiger partial charge on any atom is -0.357 e. The molecule has 0 saturated carbocycles. The zero-order valence-electron chi connectivity index (χ0n) is 16.4. The van der Waals surface area contributed by atoms with Gasteiger partial charge in [0.1, 0.15) is 0 Å². The Morgan fingerprint density at radius 1 is 1.16 bits per heavy atom. The Labute approximate surface area is 152 Å². The van der Waals surface area contributed by atoms with Gasteiger partial charge in [0.05, 0.1) is 0 Å². The molecule has 1 rings (SSSR count). The first-order valence-electron chi connectivity index (χ1n) is 9.25. The lowest BCUT2D eigenvalue weighted by atomic mass is 10.0. The van der Waals surface area contributed by atoms with Crippen molar-refractivity contribution in [3.05, 3.63) is 35.4 Å². The number of hydrogen-bond donors (Lipinski definition) is 2. The number of aryl methyl sites for hydroxylation is 1. The van der Waals surface area contributed by atoms with Crippen molar-refractivity contribution in [2.45, 2.75) is 46.0 Å². The van der Waals surface area contributed by atoms with E-state index in [1.165, 1.54) is 11.1 Å². The number of carbonyl (C=O) groups excluding carboxylic acids is 1. The normalized spacial score (nSPS) is 11.5. The first-order chi connectivity index (χ1) is 11.9. The molecule has 0 aliphatic heterocycles. The highest BCUT2D eigenvalue weighted by Gasteiger charge is 2.04. The molecule has 1 aromatic rings. The molecule has 5 nitrogen and oxygen atoms in total. The van der Waals surface area contributed by atoms with E-state index in [-0.39, 0.29) is 5.91 Å². The minimum absolute atomic E-state index is 0.119. The highest BCUT2D eigenvalue weighted by molar-refractivity contribution is 5.81. The summed E-state index contributed by atoms with van der Waals surface area (Å²) in [5.74, 6) is 1.48. The fourth-order valence-corrected chi connectivity index (χ4v) is 2.40. The number of hydrogen-bond acceptors (Lipinski definition) is 2. The lowest BCUT2D eigenvalue weighted by Gasteiger charge is -2.13. The maximum atomic E-state index is 11.6. The number of carbonyl (C=O) groups is 1. The van der Waals surface area contributed by atoms with Gasteiger partial charge in [0, 0.05) is 40.2 Å². The second kappa shape index (κ2) is 11.5. The number of nitrogens with zero attached hydrogens (tertiary/aromatic N) is 2. The summed E-state index contributed by atoms with van der Waals surface area (Å²) in [6, 6.07) is 8.87. The third-order valence-corrected chi connectivity index (χ3v) is 4.01. The second-order valence-electron chi connectivity index (χ2n) is 6.73. The predicted molar refractivity (Wildman–Crippen MR) is 106 cm³/mol. The summed E-state index contributed by atoms with van der Waals surface area (Å²) >= 11 is 0. The van der Waals surface area contributed by atoms with Gasteiger partial charge >= 0.3 is 0 Å². The van der Waals surface area contributed by atoms with Crippen LogP contribution in [0.3, 0.4) is 0 Å². The van der Waals surface area contributed by atoms with Gasteiger partial charge in [-0.05, 0) is 36.8 Å². The van der Waals surface area contributed by atoms with Gasteiger partial charge in [-0.2, -0.15) is 0 Å². The van der Waals surface area contributed by atoms with Crippen LogP contribution in [0.5, 0.6) is 0 Å². The molecule has 140 valence electrons. The van der Waals surface area contributed by atoms with Crippen molar-refractivity contribution in [1.82, 2.24) is 15.5 Å². The van der Waals surface area contributed by atoms with E-state index in [4.69, 9.17) is 0 Å². The molecule has 1 amide bonds. The number of amides is 1. The molecule has 0 spiro atoms. The Balaban J connectivity index is 2.37. The molecule has 0 fully saturated rings. The van der Waals surface area contributed by atoms with Crippen LogP contribution < -0.4 is 10.6 Å². The SMILES string of the molecule is CCNC(=NCCCc1ccc(C(C)C)cc1)NCCC(=O)N(C)C. The average Bonchev–Trinajstić information content (AvgIpc) is 2.58. The number of aliphatic imine (C=N–C) groups is 1. The summed E-state index contributed by atoms with van der Waals surface area (Å²) < 4.78 is 0. The highest BCUT2D eigenvalue weighted by atomic mass is 16.2. The van der Waals surface area contributed by atoms with Crippen LogP contribution in [0, 0.1) is 0 Å². The Kier molecular flexibility index (Phi) is 9.66. The lowest BCUT2D eigenvalue weighted by molar-refractivity contribution is -0.128. The molecule has 0 atom stereocenters. The topological polar surface area (TPSA) is 56.7 Å². The largest absolute Gasteiger partial charge is 0.357 e. The van der Waals surface area contributed by atoms with Gasteiger partial charge in [0.15, 0.2) is 5.96 Å². The molecule has 0 heterocycles. The molecule has 0 saturated heterocycles. The molecule has 0 radical (unpaired) electrons. The number of nitrogens with one attached hydrogen (secondary N) is 2. The zero-order chi connectivity index (χ0) is 18.7. The van der Waals surface area contributed by atoms with E-state index in [1.54, 1.807) is 19.0 Å². The van der Waals surface area contributed by atoms with Crippen LogP contribution in [0.1, 0.15) is 50.7 Å². The molecular formula is C20H34N4O. The van der Waals surface area contributed by atoms with E-state index in [0.717, 1.165) is 31.9 Å². The Morgan fingerprint density at radius 3 is 2.40 bits per heavy atom. The summed E-state index contributed by atoms with van der Waals surface area (Å²) in [6.45, 7) is 8.64. The molecule has 25 heavy (non-hydrogen) atoms. The van der Waals surface area contributed by atoms with Crippen LogP contribution in [-0.2, 0) is 11.2 Å². The first kappa shape index (κ1) is 21.0. The molecule has 0 unspecified atom stereocenters. The summed E-state index contributed by atoms with van der Waals surface area (Å²) in [4.78, 5) is 17.8. The third kappa shape index (κ3) is 8.57. The van der Waals surface area contributed by atoms with Crippen LogP contribution >= 0.6 is 0 Å². The monoisotopic (exact) mass is 346 g/mol. The second-order valence-corrected chi connectivity index (χ2v) is 6.73. The van der Waals surface area contributed by atoms with Crippen LogP contribution in [0.25, 0.3) is 0 Å². The molecular weight excluding hydrogens is 312 g/mol. The van der Waals surface area contributed by atoms with Crippen molar-refractivity contribution in [3.63, 3.8) is 0 Å². The maximum absolute atomic E-state index is 11.6. The first-order valence-corrected chi connectivity index (χ1v) is 9.25. The Bertz CT molecular complexity index is 535. The van der Waals surface area contributed by atoms with Crippen molar-refractivity contribution >= 4 is 11.9 Å². The summed E-state index contributed by atoms with van der Waals surface area (Å²) in [5.41, 5.74) is 2.74. The fraction of sp³-hybridized carbons (Fsp3) is 0.600. The molecule has 0 aromatic heterocycles. The van der Waals surface area contributed by atoms with Crippen LogP contribution in [0.15, 0.2) is 29.3 Å². The number of rotatable bonds is 9. The minimum atomic E-state index is 0.119. The van der Waals surface area contributed by atoms with Crippen molar-refractivity contribution in [1.29, 1.82) is 0 Å².